The number of rotatable bonds is 5. The molecule has 5 nitrogen and oxygen atoms in total. The number of nitrogens with two attached hydrogens (primary N) is 1. The van der Waals surface area contributed by atoms with E-state index in [2.05, 4.69) is 15.2 Å². The molecule has 0 saturated carbocycles. The fourth-order valence-corrected chi connectivity index (χ4v) is 2.29. The highest BCUT2D eigenvalue weighted by Gasteiger charge is 2.14. The Morgan fingerprint density at radius 3 is 2.82 bits per heavy atom. The topological polar surface area (TPSA) is 71.2 Å². The van der Waals surface area contributed by atoms with E-state index in [1.807, 2.05) is 14.0 Å². The van der Waals surface area contributed by atoms with Crippen molar-refractivity contribution in [1.82, 2.24) is 15.2 Å². The van der Waals surface area contributed by atoms with Gasteiger partial charge in [0, 0.05) is 37.1 Å². The summed E-state index contributed by atoms with van der Waals surface area (Å²) >= 11 is 1.48. The fourth-order valence-electron chi connectivity index (χ4n) is 1.52. The number of nitrogen functional groups attached to an aromatic ring is 1. The van der Waals surface area contributed by atoms with Crippen molar-refractivity contribution in [3.8, 4) is 0 Å². The Labute approximate surface area is 112 Å². The second kappa shape index (κ2) is 7.47. The number of aromatic nitrogens is 1. The van der Waals surface area contributed by atoms with Crippen LogP contribution in [0, 0.1) is 5.92 Å². The van der Waals surface area contributed by atoms with Crippen molar-refractivity contribution in [2.45, 2.75) is 13.5 Å². The summed E-state index contributed by atoms with van der Waals surface area (Å²) in [7, 11) is 3.64. The molecule has 1 aromatic heterocycles. The van der Waals surface area contributed by atoms with Gasteiger partial charge in [-0.3, -0.25) is 4.79 Å². The lowest BCUT2D eigenvalue weighted by molar-refractivity contribution is -0.124. The highest BCUT2D eigenvalue weighted by molar-refractivity contribution is 7.15. The summed E-state index contributed by atoms with van der Waals surface area (Å²) in [6.45, 7) is 3.41. The quantitative estimate of drug-likeness (QED) is 0.842. The molecule has 0 aliphatic carbocycles. The summed E-state index contributed by atoms with van der Waals surface area (Å²) in [5.41, 5.74) is 5.55. The molecule has 7 heteroatoms. The van der Waals surface area contributed by atoms with Crippen LogP contribution in [0.5, 0.6) is 0 Å². The lowest BCUT2D eigenvalue weighted by atomic mass is 10.1. The molecule has 17 heavy (non-hydrogen) atoms. The van der Waals surface area contributed by atoms with Crippen molar-refractivity contribution in [3.05, 3.63) is 11.1 Å². The molecule has 1 atom stereocenters. The van der Waals surface area contributed by atoms with Crippen LogP contribution < -0.4 is 11.1 Å². The third-order valence-corrected chi connectivity index (χ3v) is 3.09. The summed E-state index contributed by atoms with van der Waals surface area (Å²) in [6.07, 6.45) is 1.78. The summed E-state index contributed by atoms with van der Waals surface area (Å²) in [5.74, 6) is 0.0518. The first-order valence-electron chi connectivity index (χ1n) is 5.13. The molecule has 1 aromatic rings. The van der Waals surface area contributed by atoms with Crippen LogP contribution in [0.3, 0.4) is 0 Å². The van der Waals surface area contributed by atoms with Crippen LogP contribution in [0.15, 0.2) is 6.20 Å². The predicted molar refractivity (Wildman–Crippen MR) is 73.3 cm³/mol. The average molecular weight is 279 g/mol. The Morgan fingerprint density at radius 1 is 1.71 bits per heavy atom. The van der Waals surface area contributed by atoms with Gasteiger partial charge >= 0.3 is 0 Å². The van der Waals surface area contributed by atoms with Crippen LogP contribution in [0.25, 0.3) is 0 Å². The van der Waals surface area contributed by atoms with Crippen LogP contribution >= 0.6 is 23.7 Å². The number of hydrogen-bond donors (Lipinski definition) is 2. The van der Waals surface area contributed by atoms with Gasteiger partial charge in [0.1, 0.15) is 0 Å². The number of amides is 1. The van der Waals surface area contributed by atoms with Crippen LogP contribution in [-0.4, -0.2) is 36.4 Å². The lowest BCUT2D eigenvalue weighted by Crippen LogP contribution is -2.34. The zero-order chi connectivity index (χ0) is 12.1. The number of anilines is 1. The van der Waals surface area contributed by atoms with Gasteiger partial charge in [0.25, 0.3) is 0 Å². The molecule has 0 saturated heterocycles. The first-order valence-corrected chi connectivity index (χ1v) is 5.95. The van der Waals surface area contributed by atoms with E-state index in [-0.39, 0.29) is 24.2 Å². The smallest absolute Gasteiger partial charge is 0.223 e. The van der Waals surface area contributed by atoms with Gasteiger partial charge < -0.3 is 16.0 Å². The highest BCUT2D eigenvalue weighted by Crippen LogP contribution is 2.16. The minimum Gasteiger partial charge on any atom is -0.375 e. The van der Waals surface area contributed by atoms with E-state index < -0.39 is 0 Å². The van der Waals surface area contributed by atoms with Crippen LogP contribution in [0.1, 0.15) is 11.8 Å². The maximum atomic E-state index is 11.3. The van der Waals surface area contributed by atoms with E-state index in [4.69, 9.17) is 5.73 Å². The Hall–Kier alpha value is -0.850. The van der Waals surface area contributed by atoms with Crippen molar-refractivity contribution in [3.63, 3.8) is 0 Å². The molecule has 0 radical (unpaired) electrons. The fraction of sp³-hybridized carbons (Fsp3) is 0.600. The minimum absolute atomic E-state index is 0. The van der Waals surface area contributed by atoms with Crippen LogP contribution in [0.2, 0.25) is 0 Å². The first kappa shape index (κ1) is 16.1. The Kier molecular flexibility index (Phi) is 7.10. The van der Waals surface area contributed by atoms with Crippen molar-refractivity contribution >= 4 is 34.8 Å². The zero-order valence-corrected chi connectivity index (χ0v) is 11.9. The molecule has 0 fully saturated rings. The number of nitrogens with one attached hydrogen (secondary N) is 1. The maximum Gasteiger partial charge on any atom is 0.223 e. The third-order valence-electron chi connectivity index (χ3n) is 2.28. The van der Waals surface area contributed by atoms with Gasteiger partial charge in [-0.05, 0) is 7.05 Å². The van der Waals surface area contributed by atoms with Gasteiger partial charge in [-0.25, -0.2) is 4.98 Å². The van der Waals surface area contributed by atoms with Crippen molar-refractivity contribution < 1.29 is 4.79 Å². The van der Waals surface area contributed by atoms with Gasteiger partial charge in [0.2, 0.25) is 5.91 Å². The number of thiazole rings is 1. The molecule has 0 bridgehead atoms. The van der Waals surface area contributed by atoms with E-state index in [1.165, 1.54) is 11.3 Å². The van der Waals surface area contributed by atoms with Crippen LogP contribution in [-0.2, 0) is 11.3 Å². The summed E-state index contributed by atoms with van der Waals surface area (Å²) < 4.78 is 0. The molecule has 0 spiro atoms. The summed E-state index contributed by atoms with van der Waals surface area (Å²) in [4.78, 5) is 18.5. The van der Waals surface area contributed by atoms with Crippen molar-refractivity contribution in [1.29, 1.82) is 0 Å². The molecule has 1 rings (SSSR count). The third kappa shape index (κ3) is 5.34. The number of nitrogens with zero attached hydrogens (tertiary/aromatic N) is 2. The summed E-state index contributed by atoms with van der Waals surface area (Å²) in [5, 5.41) is 3.23. The lowest BCUT2D eigenvalue weighted by Gasteiger charge is -2.19. The summed E-state index contributed by atoms with van der Waals surface area (Å²) in [6, 6.07) is 0. The van der Waals surface area contributed by atoms with E-state index in [0.717, 1.165) is 18.0 Å². The molecule has 3 N–H and O–H groups in total. The minimum atomic E-state index is -0.0136. The van der Waals surface area contributed by atoms with E-state index in [1.54, 1.807) is 13.2 Å². The van der Waals surface area contributed by atoms with E-state index >= 15 is 0 Å². The van der Waals surface area contributed by atoms with Gasteiger partial charge in [-0.15, -0.1) is 23.7 Å². The van der Waals surface area contributed by atoms with Crippen molar-refractivity contribution in [2.75, 3.05) is 26.4 Å². The molecule has 1 heterocycles. The van der Waals surface area contributed by atoms with E-state index in [0.29, 0.717) is 5.13 Å². The number of hydrogen-bond acceptors (Lipinski definition) is 5. The molecular weight excluding hydrogens is 260 g/mol. The average Bonchev–Trinajstić information content (AvgIpc) is 2.62. The second-order valence-corrected chi connectivity index (χ2v) is 5.02. The number of carbonyl (C=O) groups is 1. The number of halogens is 1. The normalized spacial score (nSPS) is 12.0. The Balaban J connectivity index is 0.00000256. The molecule has 1 unspecified atom stereocenters. The Morgan fingerprint density at radius 2 is 2.35 bits per heavy atom. The van der Waals surface area contributed by atoms with Crippen LogP contribution in [0.4, 0.5) is 5.13 Å². The maximum absolute atomic E-state index is 11.3. The number of carbonyl (C=O) groups excluding carboxylic acids is 1. The van der Waals surface area contributed by atoms with Crippen molar-refractivity contribution in [2.24, 2.45) is 5.92 Å². The second-order valence-electron chi connectivity index (χ2n) is 3.88. The molecule has 1 amide bonds. The van der Waals surface area contributed by atoms with Gasteiger partial charge in [-0.2, -0.15) is 0 Å². The standard InChI is InChI=1S/C10H18N4OS.ClH/c1-7(9(15)12-2)5-14(3)6-8-4-13-10(11)16-8;/h4,7H,5-6H2,1-3H3,(H2,11,13)(H,12,15);1H. The molecule has 0 aliphatic heterocycles. The zero-order valence-electron chi connectivity index (χ0n) is 10.3. The monoisotopic (exact) mass is 278 g/mol. The van der Waals surface area contributed by atoms with Gasteiger partial charge in [0.05, 0.1) is 0 Å². The molecule has 98 valence electrons. The largest absolute Gasteiger partial charge is 0.375 e. The first-order chi connectivity index (χ1) is 7.52. The SMILES string of the molecule is CNC(=O)C(C)CN(C)Cc1cnc(N)s1.Cl. The van der Waals surface area contributed by atoms with E-state index in [9.17, 15) is 4.79 Å². The van der Waals surface area contributed by atoms with Gasteiger partial charge in [0.15, 0.2) is 5.13 Å². The van der Waals surface area contributed by atoms with Gasteiger partial charge in [-0.1, -0.05) is 6.92 Å². The molecule has 0 aromatic carbocycles. The molecular formula is C10H19ClN4OS. The highest BCUT2D eigenvalue weighted by atomic mass is 35.5. The predicted octanol–water partition coefficient (Wildman–Crippen LogP) is 0.961. The Bertz CT molecular complexity index is 358. The molecule has 0 aliphatic rings.